The molecule has 46 heavy (non-hydrogen) atoms. The first-order chi connectivity index (χ1) is 22.4. The van der Waals surface area contributed by atoms with E-state index in [1.807, 2.05) is 34.9 Å². The lowest BCUT2D eigenvalue weighted by Crippen LogP contribution is -2.44. The molecule has 0 aromatic heterocycles. The third kappa shape index (κ3) is 7.15. The van der Waals surface area contributed by atoms with E-state index in [0.29, 0.717) is 32.4 Å². The number of carbonyl (C=O) groups excluding carboxylic acids is 3. The number of thioether (sulfide) groups is 1. The fourth-order valence-electron chi connectivity index (χ4n) is 6.76. The molecule has 1 unspecified atom stereocenters. The zero-order valence-electron chi connectivity index (χ0n) is 25.9. The maximum atomic E-state index is 13.5. The molecule has 8 nitrogen and oxygen atoms in total. The number of hydrogen-bond acceptors (Lipinski definition) is 6. The fraction of sp³-hybridized carbons (Fsp3) is 0.324. The lowest BCUT2D eigenvalue weighted by molar-refractivity contribution is -0.121. The number of primary amides is 1. The third-order valence-electron chi connectivity index (χ3n) is 8.70. The van der Waals surface area contributed by atoms with E-state index in [9.17, 15) is 14.4 Å². The average Bonchev–Trinajstić information content (AvgIpc) is 3.70. The molecule has 0 saturated carbocycles. The summed E-state index contributed by atoms with van der Waals surface area (Å²) in [6, 6.07) is 30.5. The number of hydrogen-bond donors (Lipinski definition) is 1. The minimum Gasteiger partial charge on any atom is -0.445 e. The van der Waals surface area contributed by atoms with E-state index in [1.165, 1.54) is 11.0 Å². The molecule has 0 radical (unpaired) electrons. The predicted molar refractivity (Wildman–Crippen MR) is 181 cm³/mol. The van der Waals surface area contributed by atoms with E-state index in [4.69, 9.17) is 15.2 Å². The summed E-state index contributed by atoms with van der Waals surface area (Å²) in [6.45, 7) is 8.24. The van der Waals surface area contributed by atoms with Crippen molar-refractivity contribution in [3.63, 3.8) is 0 Å². The Hall–Kier alpha value is -4.50. The predicted octanol–water partition coefficient (Wildman–Crippen LogP) is 6.37. The van der Waals surface area contributed by atoms with Crippen LogP contribution in [-0.2, 0) is 19.0 Å². The lowest BCUT2D eigenvalue weighted by Gasteiger charge is -2.37. The Morgan fingerprint density at radius 1 is 0.761 bits per heavy atom. The van der Waals surface area contributed by atoms with Gasteiger partial charge in [-0.25, -0.2) is 9.59 Å². The lowest BCUT2D eigenvalue weighted by atomic mass is 9.84. The van der Waals surface area contributed by atoms with Crippen LogP contribution in [0.15, 0.2) is 116 Å². The zero-order chi connectivity index (χ0) is 32.5. The molecule has 3 amide bonds. The van der Waals surface area contributed by atoms with E-state index in [2.05, 4.69) is 86.0 Å². The van der Waals surface area contributed by atoms with Gasteiger partial charge in [0.15, 0.2) is 0 Å². The maximum absolute atomic E-state index is 13.5. The molecule has 3 aromatic rings. The van der Waals surface area contributed by atoms with Gasteiger partial charge >= 0.3 is 12.2 Å². The zero-order valence-corrected chi connectivity index (χ0v) is 26.7. The smallest absolute Gasteiger partial charge is 0.410 e. The van der Waals surface area contributed by atoms with Gasteiger partial charge in [-0.05, 0) is 41.9 Å². The minimum absolute atomic E-state index is 0.0436. The summed E-state index contributed by atoms with van der Waals surface area (Å²) in [5, 5.41) is 0.0453. The van der Waals surface area contributed by atoms with E-state index in [1.54, 1.807) is 6.08 Å². The van der Waals surface area contributed by atoms with Crippen molar-refractivity contribution >= 4 is 29.9 Å². The van der Waals surface area contributed by atoms with Gasteiger partial charge in [0.05, 0.1) is 4.75 Å². The van der Waals surface area contributed by atoms with Crippen LogP contribution in [0.5, 0.6) is 0 Å². The van der Waals surface area contributed by atoms with Gasteiger partial charge < -0.3 is 20.1 Å². The van der Waals surface area contributed by atoms with E-state index < -0.39 is 28.9 Å². The Labute approximate surface area is 275 Å². The van der Waals surface area contributed by atoms with Crippen LogP contribution in [0.2, 0.25) is 0 Å². The second-order valence-electron chi connectivity index (χ2n) is 11.7. The normalized spacial score (nSPS) is 21.0. The number of amides is 3. The Morgan fingerprint density at radius 2 is 1.24 bits per heavy atom. The molecule has 0 spiro atoms. The Kier molecular flexibility index (Phi) is 10.9. The second kappa shape index (κ2) is 15.2. The molecule has 2 aliphatic rings. The number of carbonyl (C=O) groups is 3. The highest BCUT2D eigenvalue weighted by atomic mass is 32.2. The first-order valence-electron chi connectivity index (χ1n) is 15.6. The van der Waals surface area contributed by atoms with E-state index >= 15 is 0 Å². The van der Waals surface area contributed by atoms with Gasteiger partial charge in [-0.2, -0.15) is 0 Å². The van der Waals surface area contributed by atoms with Crippen LogP contribution < -0.4 is 5.73 Å². The van der Waals surface area contributed by atoms with Gasteiger partial charge in [-0.1, -0.05) is 116 Å². The molecule has 2 heterocycles. The van der Waals surface area contributed by atoms with Crippen molar-refractivity contribution in [1.82, 2.24) is 9.80 Å². The van der Waals surface area contributed by atoms with Gasteiger partial charge in [0, 0.05) is 24.4 Å². The highest BCUT2D eigenvalue weighted by molar-refractivity contribution is 8.01. The topological polar surface area (TPSA) is 102 Å². The summed E-state index contributed by atoms with van der Waals surface area (Å²) in [5.41, 5.74) is 9.15. The van der Waals surface area contributed by atoms with Crippen molar-refractivity contribution in [3.8, 4) is 0 Å². The third-order valence-corrected chi connectivity index (χ3v) is 10.4. The summed E-state index contributed by atoms with van der Waals surface area (Å²) < 4.78 is 10.3. The van der Waals surface area contributed by atoms with Gasteiger partial charge in [0.1, 0.15) is 19.3 Å². The molecule has 2 saturated heterocycles. The molecule has 240 valence electrons. The molecule has 0 bridgehead atoms. The number of ether oxygens (including phenoxy) is 2. The molecule has 2 fully saturated rings. The average molecular weight is 640 g/mol. The van der Waals surface area contributed by atoms with Crippen LogP contribution in [-0.4, -0.2) is 71.5 Å². The number of nitrogens with two attached hydrogens (primary N) is 1. The van der Waals surface area contributed by atoms with Crippen molar-refractivity contribution in [2.45, 2.75) is 41.3 Å². The summed E-state index contributed by atoms with van der Waals surface area (Å²) in [5.74, 6) is -0.627. The Balaban J connectivity index is 1.46. The SMILES string of the molecule is C=CCOC(=O)N1C[C@@H](SC(c2ccccc2)(c2ccccc2)c2ccccc2)C[C@H]1CC1C[C@@H](C(N)=O)N(C(=O)OCC=C)C1. The monoisotopic (exact) mass is 639 g/mol. The number of likely N-dealkylation sites (tertiary alicyclic amines) is 2. The summed E-state index contributed by atoms with van der Waals surface area (Å²) in [6.07, 6.45) is 3.75. The molecule has 0 aliphatic carbocycles. The van der Waals surface area contributed by atoms with E-state index in [0.717, 1.165) is 16.7 Å². The Morgan fingerprint density at radius 3 is 1.70 bits per heavy atom. The van der Waals surface area contributed by atoms with Gasteiger partial charge in [0.2, 0.25) is 5.91 Å². The molecule has 9 heteroatoms. The molecule has 5 rings (SSSR count). The number of benzene rings is 3. The van der Waals surface area contributed by atoms with E-state index in [-0.39, 0.29) is 30.4 Å². The van der Waals surface area contributed by atoms with Crippen LogP contribution in [0.3, 0.4) is 0 Å². The van der Waals surface area contributed by atoms with Crippen LogP contribution in [0, 0.1) is 5.92 Å². The van der Waals surface area contributed by atoms with Crippen LogP contribution in [0.25, 0.3) is 0 Å². The first-order valence-corrected chi connectivity index (χ1v) is 16.5. The minimum atomic E-state index is -0.767. The molecular formula is C37H41N3O5S. The highest BCUT2D eigenvalue weighted by Gasteiger charge is 2.47. The Bertz CT molecular complexity index is 1410. The summed E-state index contributed by atoms with van der Waals surface area (Å²) in [7, 11) is 0. The highest BCUT2D eigenvalue weighted by Crippen LogP contribution is 2.52. The molecule has 4 atom stereocenters. The maximum Gasteiger partial charge on any atom is 0.410 e. The van der Waals surface area contributed by atoms with Crippen molar-refractivity contribution in [2.75, 3.05) is 26.3 Å². The van der Waals surface area contributed by atoms with Crippen LogP contribution in [0.1, 0.15) is 36.0 Å². The van der Waals surface area contributed by atoms with Gasteiger partial charge in [0.25, 0.3) is 0 Å². The van der Waals surface area contributed by atoms with Crippen molar-refractivity contribution < 1.29 is 23.9 Å². The van der Waals surface area contributed by atoms with Crippen LogP contribution in [0.4, 0.5) is 9.59 Å². The van der Waals surface area contributed by atoms with Crippen molar-refractivity contribution in [1.29, 1.82) is 0 Å². The molecular weight excluding hydrogens is 598 g/mol. The summed E-state index contributed by atoms with van der Waals surface area (Å²) in [4.78, 5) is 41.8. The van der Waals surface area contributed by atoms with Crippen molar-refractivity contribution in [3.05, 3.63) is 133 Å². The van der Waals surface area contributed by atoms with Crippen molar-refractivity contribution in [2.24, 2.45) is 11.7 Å². The summed E-state index contributed by atoms with van der Waals surface area (Å²) >= 11 is 1.85. The quantitative estimate of drug-likeness (QED) is 0.183. The van der Waals surface area contributed by atoms with Gasteiger partial charge in [-0.3, -0.25) is 9.69 Å². The number of nitrogens with zero attached hydrogens (tertiary/aromatic N) is 2. The molecule has 2 N–H and O–H groups in total. The van der Waals surface area contributed by atoms with Gasteiger partial charge in [-0.15, -0.1) is 11.8 Å². The first kappa shape index (κ1) is 32.9. The number of rotatable bonds is 12. The second-order valence-corrected chi connectivity index (χ2v) is 13.2. The molecule has 2 aliphatic heterocycles. The van der Waals surface area contributed by atoms with Crippen LogP contribution >= 0.6 is 11.8 Å². The largest absolute Gasteiger partial charge is 0.445 e. The molecule has 3 aromatic carbocycles. The fourth-order valence-corrected chi connectivity index (χ4v) is 8.63. The standard InChI is InChI=1S/C37H41N3O5S/c1-3-20-44-35(42)39-26-32(24-31(39)22-27-23-33(34(38)41)40(25-27)36(43)45-21-4-2)46-37(28-14-8-5-9-15-28,29-16-10-6-11-17-29)30-18-12-7-13-19-30/h3-19,27,31-33H,1-2,20-26H2,(H2,38,41)/t27?,31-,32+,33+/m1/s1.